The molecular weight excluding hydrogens is 158 g/mol. The molecule has 68 valence electrons. The number of allylic oxidation sites excluding steroid dienone is 6. The lowest BCUT2D eigenvalue weighted by Crippen LogP contribution is -1.88. The molecule has 0 amide bonds. The van der Waals surface area contributed by atoms with E-state index in [1.165, 1.54) is 5.57 Å². The summed E-state index contributed by atoms with van der Waals surface area (Å²) in [5.74, 6) is 0. The zero-order chi connectivity index (χ0) is 9.52. The topological polar surface area (TPSA) is 12.4 Å². The Morgan fingerprint density at radius 2 is 2.31 bits per heavy atom. The minimum absolute atomic E-state index is 1.11. The Morgan fingerprint density at radius 3 is 3.08 bits per heavy atom. The van der Waals surface area contributed by atoms with Crippen molar-refractivity contribution in [1.82, 2.24) is 0 Å². The van der Waals surface area contributed by atoms with Gasteiger partial charge in [0, 0.05) is 12.4 Å². The highest BCUT2D eigenvalue weighted by Crippen LogP contribution is 2.12. The third kappa shape index (κ3) is 3.24. The first-order chi connectivity index (χ1) is 6.34. The van der Waals surface area contributed by atoms with Gasteiger partial charge in [0.05, 0.1) is 0 Å². The van der Waals surface area contributed by atoms with Crippen LogP contribution in [0.4, 0.5) is 0 Å². The highest BCUT2D eigenvalue weighted by molar-refractivity contribution is 5.85. The van der Waals surface area contributed by atoms with E-state index >= 15 is 0 Å². The van der Waals surface area contributed by atoms with Gasteiger partial charge in [0.25, 0.3) is 0 Å². The summed E-state index contributed by atoms with van der Waals surface area (Å²) in [6, 6.07) is 0. The number of hydrogen-bond donors (Lipinski definition) is 0. The van der Waals surface area contributed by atoms with Gasteiger partial charge in [-0.1, -0.05) is 30.9 Å². The van der Waals surface area contributed by atoms with Crippen LogP contribution in [0.25, 0.3) is 0 Å². The monoisotopic (exact) mass is 173 g/mol. The van der Waals surface area contributed by atoms with Crippen molar-refractivity contribution in [1.29, 1.82) is 0 Å². The normalized spacial score (nSPS) is 28.1. The second kappa shape index (κ2) is 5.31. The zero-order valence-electron chi connectivity index (χ0n) is 8.03. The highest BCUT2D eigenvalue weighted by atomic mass is 14.7. The van der Waals surface area contributed by atoms with Gasteiger partial charge in [-0.3, -0.25) is 4.99 Å². The number of hydrogen-bond acceptors (Lipinski definition) is 1. The van der Waals surface area contributed by atoms with E-state index in [1.54, 1.807) is 6.20 Å². The molecule has 0 atom stereocenters. The molecule has 0 saturated heterocycles. The first-order valence-corrected chi connectivity index (χ1v) is 4.52. The van der Waals surface area contributed by atoms with Gasteiger partial charge in [0.1, 0.15) is 0 Å². The lowest BCUT2D eigenvalue weighted by molar-refractivity contribution is 1.03. The lowest BCUT2D eigenvalue weighted by atomic mass is 10.0. The van der Waals surface area contributed by atoms with Crippen molar-refractivity contribution in [2.24, 2.45) is 4.99 Å². The molecule has 0 fully saturated rings. The van der Waals surface area contributed by atoms with E-state index in [9.17, 15) is 0 Å². The summed E-state index contributed by atoms with van der Waals surface area (Å²) in [6.45, 7) is 5.66. The molecule has 0 saturated carbocycles. The van der Waals surface area contributed by atoms with Gasteiger partial charge in [0.2, 0.25) is 0 Å². The maximum Gasteiger partial charge on any atom is 0.0342 e. The predicted molar refractivity (Wildman–Crippen MR) is 58.9 cm³/mol. The molecule has 0 aromatic heterocycles. The second-order valence-corrected chi connectivity index (χ2v) is 2.98. The summed E-state index contributed by atoms with van der Waals surface area (Å²) in [5.41, 5.74) is 2.45. The molecule has 1 heteroatoms. The summed E-state index contributed by atoms with van der Waals surface area (Å²) in [6.07, 6.45) is 14.2. The van der Waals surface area contributed by atoms with E-state index in [0.29, 0.717) is 0 Å². The Labute approximate surface area is 79.9 Å². The summed E-state index contributed by atoms with van der Waals surface area (Å²) >= 11 is 0. The Kier molecular flexibility index (Phi) is 3.97. The maximum atomic E-state index is 4.01. The molecule has 0 heterocycles. The molecule has 0 radical (unpaired) electrons. The third-order valence-corrected chi connectivity index (χ3v) is 1.97. The molecule has 1 aliphatic carbocycles. The predicted octanol–water partition coefficient (Wildman–Crippen LogP) is 3.42. The van der Waals surface area contributed by atoms with E-state index in [2.05, 4.69) is 42.8 Å². The van der Waals surface area contributed by atoms with Crippen LogP contribution in [0.3, 0.4) is 0 Å². The fourth-order valence-electron chi connectivity index (χ4n) is 1.19. The quantitative estimate of drug-likeness (QED) is 0.567. The Balaban J connectivity index is 2.87. The molecule has 1 aliphatic rings. The fourth-order valence-corrected chi connectivity index (χ4v) is 1.19. The molecular formula is C12H15N. The second-order valence-electron chi connectivity index (χ2n) is 2.98. The SMILES string of the molecule is C=CN=CC1=C/C=C/CC\C=C\1C. The maximum absolute atomic E-state index is 4.01. The highest BCUT2D eigenvalue weighted by Gasteiger charge is 1.96. The van der Waals surface area contributed by atoms with Gasteiger partial charge in [-0.05, 0) is 30.9 Å². The van der Waals surface area contributed by atoms with Gasteiger partial charge in [0.15, 0.2) is 0 Å². The number of aliphatic imine (C=N–C) groups is 1. The average molecular weight is 173 g/mol. The van der Waals surface area contributed by atoms with Crippen molar-refractivity contribution in [2.75, 3.05) is 0 Å². The van der Waals surface area contributed by atoms with Crippen LogP contribution in [0.15, 0.2) is 53.2 Å². The minimum atomic E-state index is 1.11. The molecule has 13 heavy (non-hydrogen) atoms. The van der Waals surface area contributed by atoms with Gasteiger partial charge in [-0.25, -0.2) is 0 Å². The molecule has 1 nitrogen and oxygen atoms in total. The van der Waals surface area contributed by atoms with Crippen LogP contribution >= 0.6 is 0 Å². The van der Waals surface area contributed by atoms with Crippen molar-refractivity contribution in [2.45, 2.75) is 19.8 Å². The molecule has 0 spiro atoms. The minimum Gasteiger partial charge on any atom is -0.265 e. The molecule has 1 rings (SSSR count). The summed E-state index contributed by atoms with van der Waals surface area (Å²) in [7, 11) is 0. The standard InChI is InChI=1S/C12H15N/c1-3-13-10-12-9-7-5-4-6-8-11(12)2/h3,5,7-10H,1,4,6H2,2H3/b7-5+,11-8+,12-9-,13-10?. The van der Waals surface area contributed by atoms with Gasteiger partial charge >= 0.3 is 0 Å². The summed E-state index contributed by atoms with van der Waals surface area (Å²) < 4.78 is 0. The first-order valence-electron chi connectivity index (χ1n) is 4.52. The number of rotatable bonds is 2. The first kappa shape index (κ1) is 9.72. The molecule has 0 N–H and O–H groups in total. The van der Waals surface area contributed by atoms with Gasteiger partial charge in [-0.15, -0.1) is 0 Å². The molecule has 0 aromatic carbocycles. The van der Waals surface area contributed by atoms with Crippen LogP contribution in [-0.2, 0) is 0 Å². The smallest absolute Gasteiger partial charge is 0.0342 e. The Hall–Kier alpha value is -1.37. The summed E-state index contributed by atoms with van der Waals surface area (Å²) in [5, 5.41) is 0. The van der Waals surface area contributed by atoms with E-state index in [1.807, 2.05) is 6.21 Å². The van der Waals surface area contributed by atoms with Crippen molar-refractivity contribution < 1.29 is 0 Å². The van der Waals surface area contributed by atoms with Crippen LogP contribution in [0, 0.1) is 0 Å². The molecule has 0 bridgehead atoms. The number of nitrogens with zero attached hydrogens (tertiary/aromatic N) is 1. The van der Waals surface area contributed by atoms with Crippen molar-refractivity contribution in [3.63, 3.8) is 0 Å². The Bertz CT molecular complexity index is 290. The van der Waals surface area contributed by atoms with E-state index in [-0.39, 0.29) is 0 Å². The van der Waals surface area contributed by atoms with Crippen molar-refractivity contribution in [3.05, 3.63) is 48.2 Å². The van der Waals surface area contributed by atoms with Gasteiger partial charge in [-0.2, -0.15) is 0 Å². The summed E-state index contributed by atoms with van der Waals surface area (Å²) in [4.78, 5) is 4.01. The molecule has 0 aliphatic heterocycles. The Morgan fingerprint density at radius 1 is 1.46 bits per heavy atom. The van der Waals surface area contributed by atoms with E-state index < -0.39 is 0 Å². The van der Waals surface area contributed by atoms with E-state index in [4.69, 9.17) is 0 Å². The largest absolute Gasteiger partial charge is 0.265 e. The van der Waals surface area contributed by atoms with E-state index in [0.717, 1.165) is 18.4 Å². The lowest BCUT2D eigenvalue weighted by Gasteiger charge is -2.02. The third-order valence-electron chi connectivity index (χ3n) is 1.97. The van der Waals surface area contributed by atoms with Gasteiger partial charge < -0.3 is 0 Å². The zero-order valence-corrected chi connectivity index (χ0v) is 8.03. The molecule has 0 unspecified atom stereocenters. The molecule has 0 aromatic rings. The fraction of sp³-hybridized carbons (Fsp3) is 0.250. The van der Waals surface area contributed by atoms with Crippen LogP contribution in [0.2, 0.25) is 0 Å². The van der Waals surface area contributed by atoms with Crippen molar-refractivity contribution >= 4 is 6.21 Å². The van der Waals surface area contributed by atoms with Crippen LogP contribution in [0.5, 0.6) is 0 Å². The average Bonchev–Trinajstić information content (AvgIpc) is 2.11. The van der Waals surface area contributed by atoms with Crippen molar-refractivity contribution in [3.8, 4) is 0 Å². The van der Waals surface area contributed by atoms with Crippen LogP contribution in [-0.4, -0.2) is 6.21 Å². The van der Waals surface area contributed by atoms with Crippen LogP contribution in [0.1, 0.15) is 19.8 Å². The van der Waals surface area contributed by atoms with Crippen LogP contribution < -0.4 is 0 Å².